The molecule has 3 N–H and O–H groups in total. The Bertz CT molecular complexity index is 223. The minimum Gasteiger partial charge on any atom is -0.381 e. The zero-order chi connectivity index (χ0) is 13.6. The van der Waals surface area contributed by atoms with Crippen LogP contribution in [0.5, 0.6) is 0 Å². The summed E-state index contributed by atoms with van der Waals surface area (Å²) in [5.41, 5.74) is 6.17. The lowest BCUT2D eigenvalue weighted by atomic mass is 9.74. The largest absolute Gasteiger partial charge is 0.381 e. The molecule has 1 heterocycles. The standard InChI is InChI=1S/C15H32N2O/c1-12(2)13(9-16)10-17-11-15(3,4)14-5-7-18-8-6-14/h12-14,17H,5-11,16H2,1-4H3. The molecule has 0 aromatic carbocycles. The van der Waals surface area contributed by atoms with E-state index in [0.717, 1.165) is 38.8 Å². The molecular formula is C15H32N2O. The van der Waals surface area contributed by atoms with Crippen molar-refractivity contribution in [1.82, 2.24) is 5.32 Å². The van der Waals surface area contributed by atoms with E-state index in [1.807, 2.05) is 0 Å². The van der Waals surface area contributed by atoms with Gasteiger partial charge in [-0.25, -0.2) is 0 Å². The van der Waals surface area contributed by atoms with Crippen LogP contribution >= 0.6 is 0 Å². The Morgan fingerprint density at radius 3 is 2.39 bits per heavy atom. The van der Waals surface area contributed by atoms with Crippen molar-refractivity contribution in [3.05, 3.63) is 0 Å². The topological polar surface area (TPSA) is 47.3 Å². The van der Waals surface area contributed by atoms with Gasteiger partial charge in [-0.05, 0) is 49.1 Å². The maximum absolute atomic E-state index is 5.81. The Hall–Kier alpha value is -0.120. The van der Waals surface area contributed by atoms with Crippen LogP contribution < -0.4 is 11.1 Å². The van der Waals surface area contributed by atoms with Gasteiger partial charge in [0.1, 0.15) is 0 Å². The van der Waals surface area contributed by atoms with Gasteiger partial charge in [-0.3, -0.25) is 0 Å². The van der Waals surface area contributed by atoms with Crippen molar-refractivity contribution in [3.63, 3.8) is 0 Å². The average molecular weight is 256 g/mol. The van der Waals surface area contributed by atoms with Crippen LogP contribution in [0.2, 0.25) is 0 Å². The van der Waals surface area contributed by atoms with Crippen LogP contribution in [-0.2, 0) is 4.74 Å². The van der Waals surface area contributed by atoms with Crippen molar-refractivity contribution in [2.45, 2.75) is 40.5 Å². The quantitative estimate of drug-likeness (QED) is 0.734. The van der Waals surface area contributed by atoms with Gasteiger partial charge in [-0.2, -0.15) is 0 Å². The molecule has 108 valence electrons. The lowest BCUT2D eigenvalue weighted by molar-refractivity contribution is 0.0224. The molecule has 1 unspecified atom stereocenters. The normalized spacial score (nSPS) is 20.3. The van der Waals surface area contributed by atoms with Crippen molar-refractivity contribution in [2.75, 3.05) is 32.8 Å². The Kier molecular flexibility index (Phi) is 6.61. The molecule has 3 heteroatoms. The van der Waals surface area contributed by atoms with E-state index in [1.165, 1.54) is 12.8 Å². The van der Waals surface area contributed by atoms with Gasteiger partial charge < -0.3 is 15.8 Å². The zero-order valence-electron chi connectivity index (χ0n) is 12.7. The van der Waals surface area contributed by atoms with Crippen LogP contribution in [0.1, 0.15) is 40.5 Å². The molecule has 0 bridgehead atoms. The number of hydrogen-bond acceptors (Lipinski definition) is 3. The van der Waals surface area contributed by atoms with Crippen LogP contribution in [-0.4, -0.2) is 32.8 Å². The molecule has 0 saturated carbocycles. The molecular weight excluding hydrogens is 224 g/mol. The van der Waals surface area contributed by atoms with Gasteiger partial charge in [0.25, 0.3) is 0 Å². The van der Waals surface area contributed by atoms with E-state index in [0.29, 0.717) is 17.3 Å². The van der Waals surface area contributed by atoms with Crippen LogP contribution in [0, 0.1) is 23.2 Å². The SMILES string of the molecule is CC(C)C(CN)CNCC(C)(C)C1CCOCC1. The van der Waals surface area contributed by atoms with E-state index < -0.39 is 0 Å². The number of ether oxygens (including phenoxy) is 1. The van der Waals surface area contributed by atoms with Crippen LogP contribution in [0.25, 0.3) is 0 Å². The molecule has 1 saturated heterocycles. The molecule has 1 atom stereocenters. The summed E-state index contributed by atoms with van der Waals surface area (Å²) >= 11 is 0. The molecule has 3 nitrogen and oxygen atoms in total. The van der Waals surface area contributed by atoms with Gasteiger partial charge in [-0.15, -0.1) is 0 Å². The van der Waals surface area contributed by atoms with E-state index in [-0.39, 0.29) is 0 Å². The molecule has 0 spiro atoms. The van der Waals surface area contributed by atoms with E-state index in [1.54, 1.807) is 0 Å². The lowest BCUT2D eigenvalue weighted by Gasteiger charge is -2.37. The first kappa shape index (κ1) is 15.9. The fourth-order valence-corrected chi connectivity index (χ4v) is 2.79. The summed E-state index contributed by atoms with van der Waals surface area (Å²) in [6.07, 6.45) is 2.42. The number of nitrogens with one attached hydrogen (secondary N) is 1. The number of nitrogens with two attached hydrogens (primary N) is 1. The molecule has 1 aliphatic heterocycles. The van der Waals surface area contributed by atoms with Crippen molar-refractivity contribution >= 4 is 0 Å². The molecule has 0 aromatic heterocycles. The molecule has 18 heavy (non-hydrogen) atoms. The first-order valence-electron chi connectivity index (χ1n) is 7.46. The van der Waals surface area contributed by atoms with Crippen LogP contribution in [0.4, 0.5) is 0 Å². The number of rotatable bonds is 7. The summed E-state index contributed by atoms with van der Waals surface area (Å²) < 4.78 is 5.45. The van der Waals surface area contributed by atoms with Gasteiger partial charge in [0.05, 0.1) is 0 Å². The second kappa shape index (κ2) is 7.46. The lowest BCUT2D eigenvalue weighted by Crippen LogP contribution is -2.41. The van der Waals surface area contributed by atoms with Gasteiger partial charge in [0, 0.05) is 19.8 Å². The predicted molar refractivity (Wildman–Crippen MR) is 77.6 cm³/mol. The first-order chi connectivity index (χ1) is 8.47. The maximum atomic E-state index is 5.81. The van der Waals surface area contributed by atoms with E-state index in [2.05, 4.69) is 33.0 Å². The van der Waals surface area contributed by atoms with Crippen molar-refractivity contribution < 1.29 is 4.74 Å². The molecule has 0 amide bonds. The molecule has 0 aliphatic carbocycles. The van der Waals surface area contributed by atoms with Crippen molar-refractivity contribution in [1.29, 1.82) is 0 Å². The first-order valence-corrected chi connectivity index (χ1v) is 7.46. The van der Waals surface area contributed by atoms with Gasteiger partial charge in [0.15, 0.2) is 0 Å². The third-order valence-electron chi connectivity index (χ3n) is 4.56. The smallest absolute Gasteiger partial charge is 0.0468 e. The van der Waals surface area contributed by atoms with E-state index >= 15 is 0 Å². The fourth-order valence-electron chi connectivity index (χ4n) is 2.79. The average Bonchev–Trinajstić information content (AvgIpc) is 2.35. The molecule has 0 radical (unpaired) electrons. The number of hydrogen-bond donors (Lipinski definition) is 2. The monoisotopic (exact) mass is 256 g/mol. The summed E-state index contributed by atoms with van der Waals surface area (Å²) in [5.74, 6) is 2.04. The molecule has 1 rings (SSSR count). The third-order valence-corrected chi connectivity index (χ3v) is 4.56. The van der Waals surface area contributed by atoms with Crippen LogP contribution in [0.3, 0.4) is 0 Å². The Labute approximate surface area is 113 Å². The Balaban J connectivity index is 2.31. The fraction of sp³-hybridized carbons (Fsp3) is 1.00. The summed E-state index contributed by atoms with van der Waals surface area (Å²) in [5, 5.41) is 3.63. The highest BCUT2D eigenvalue weighted by Crippen LogP contribution is 2.33. The van der Waals surface area contributed by atoms with Gasteiger partial charge in [0.2, 0.25) is 0 Å². The predicted octanol–water partition coefficient (Wildman–Crippen LogP) is 2.26. The Morgan fingerprint density at radius 2 is 1.89 bits per heavy atom. The molecule has 1 aliphatic rings. The summed E-state index contributed by atoms with van der Waals surface area (Å²) in [4.78, 5) is 0. The minimum absolute atomic E-state index is 0.361. The summed E-state index contributed by atoms with van der Waals surface area (Å²) in [6.45, 7) is 14.0. The van der Waals surface area contributed by atoms with Crippen molar-refractivity contribution in [3.8, 4) is 0 Å². The summed E-state index contributed by atoms with van der Waals surface area (Å²) in [7, 11) is 0. The zero-order valence-corrected chi connectivity index (χ0v) is 12.7. The van der Waals surface area contributed by atoms with Crippen LogP contribution in [0.15, 0.2) is 0 Å². The second-order valence-corrected chi connectivity index (χ2v) is 6.75. The third kappa shape index (κ3) is 4.87. The second-order valence-electron chi connectivity index (χ2n) is 6.75. The van der Waals surface area contributed by atoms with Crippen molar-refractivity contribution in [2.24, 2.45) is 28.9 Å². The van der Waals surface area contributed by atoms with E-state index in [4.69, 9.17) is 10.5 Å². The van der Waals surface area contributed by atoms with Gasteiger partial charge in [-0.1, -0.05) is 27.7 Å². The minimum atomic E-state index is 0.361. The van der Waals surface area contributed by atoms with E-state index in [9.17, 15) is 0 Å². The highest BCUT2D eigenvalue weighted by atomic mass is 16.5. The highest BCUT2D eigenvalue weighted by molar-refractivity contribution is 4.82. The molecule has 1 fully saturated rings. The molecule has 0 aromatic rings. The highest BCUT2D eigenvalue weighted by Gasteiger charge is 2.30. The maximum Gasteiger partial charge on any atom is 0.0468 e. The summed E-state index contributed by atoms with van der Waals surface area (Å²) in [6, 6.07) is 0. The Morgan fingerprint density at radius 1 is 1.28 bits per heavy atom. The van der Waals surface area contributed by atoms with Gasteiger partial charge >= 0.3 is 0 Å².